The van der Waals surface area contributed by atoms with E-state index in [0.717, 1.165) is 45.3 Å². The van der Waals surface area contributed by atoms with Gasteiger partial charge in [-0.2, -0.15) is 0 Å². The fourth-order valence-electron chi connectivity index (χ4n) is 3.37. The van der Waals surface area contributed by atoms with Crippen LogP contribution < -0.4 is 0 Å². The highest BCUT2D eigenvalue weighted by atomic mass is 16.2. The predicted molar refractivity (Wildman–Crippen MR) is 83.0 cm³/mol. The first-order valence-electron chi connectivity index (χ1n) is 8.42. The zero-order valence-corrected chi connectivity index (χ0v) is 13.7. The minimum absolute atomic E-state index is 0.0289. The fourth-order valence-corrected chi connectivity index (χ4v) is 3.37. The molecule has 2 rings (SSSR count). The number of hydrogen-bond donors (Lipinski definition) is 0. The molecule has 5 heteroatoms. The Labute approximate surface area is 128 Å². The summed E-state index contributed by atoms with van der Waals surface area (Å²) in [5.41, 5.74) is 0. The third kappa shape index (κ3) is 3.50. The molecule has 2 aliphatic rings. The van der Waals surface area contributed by atoms with Crippen LogP contribution in [0, 0.1) is 5.92 Å². The Kier molecular flexibility index (Phi) is 5.48. The summed E-state index contributed by atoms with van der Waals surface area (Å²) in [6.07, 6.45) is 3.93. The Balaban J connectivity index is 2.01. The SMILES string of the molecule is CCN(CC)C(=O)N1CCC[C@H]1C(=O)N1CCC(C)CC1. The van der Waals surface area contributed by atoms with Gasteiger partial charge in [-0.05, 0) is 45.4 Å². The number of urea groups is 1. The van der Waals surface area contributed by atoms with E-state index in [1.807, 2.05) is 23.6 Å². The Bertz CT molecular complexity index is 374. The molecule has 0 spiro atoms. The van der Waals surface area contributed by atoms with E-state index < -0.39 is 0 Å². The Hall–Kier alpha value is -1.26. The molecule has 2 aliphatic heterocycles. The number of amides is 3. The van der Waals surface area contributed by atoms with Crippen LogP contribution in [0.2, 0.25) is 0 Å². The molecule has 0 aliphatic carbocycles. The summed E-state index contributed by atoms with van der Waals surface area (Å²) in [7, 11) is 0. The maximum atomic E-state index is 12.7. The Morgan fingerprint density at radius 2 is 1.67 bits per heavy atom. The molecule has 0 unspecified atom stereocenters. The molecule has 0 N–H and O–H groups in total. The summed E-state index contributed by atoms with van der Waals surface area (Å²) in [5.74, 6) is 0.881. The van der Waals surface area contributed by atoms with Gasteiger partial charge in [0, 0.05) is 32.7 Å². The standard InChI is InChI=1S/C16H29N3O2/c1-4-17(5-2)16(21)19-10-6-7-14(19)15(20)18-11-8-13(3)9-12-18/h13-14H,4-12H2,1-3H3/t14-/m0/s1. The van der Waals surface area contributed by atoms with E-state index >= 15 is 0 Å². The molecule has 0 bridgehead atoms. The number of rotatable bonds is 3. The minimum Gasteiger partial charge on any atom is -0.341 e. The summed E-state index contributed by atoms with van der Waals surface area (Å²) in [6.45, 7) is 10.0. The molecule has 2 saturated heterocycles. The van der Waals surface area contributed by atoms with Gasteiger partial charge in [0.05, 0.1) is 0 Å². The van der Waals surface area contributed by atoms with Crippen molar-refractivity contribution in [2.75, 3.05) is 32.7 Å². The van der Waals surface area contributed by atoms with Gasteiger partial charge in [-0.3, -0.25) is 4.79 Å². The number of piperidine rings is 1. The normalized spacial score (nSPS) is 23.5. The third-order valence-electron chi connectivity index (χ3n) is 4.91. The summed E-state index contributed by atoms with van der Waals surface area (Å²) >= 11 is 0. The van der Waals surface area contributed by atoms with Crippen LogP contribution in [0.3, 0.4) is 0 Å². The van der Waals surface area contributed by atoms with Gasteiger partial charge < -0.3 is 14.7 Å². The third-order valence-corrected chi connectivity index (χ3v) is 4.91. The smallest absolute Gasteiger partial charge is 0.320 e. The van der Waals surface area contributed by atoms with Crippen molar-refractivity contribution in [3.63, 3.8) is 0 Å². The van der Waals surface area contributed by atoms with E-state index in [2.05, 4.69) is 6.92 Å². The minimum atomic E-state index is -0.230. The second kappa shape index (κ2) is 7.14. The fraction of sp³-hybridized carbons (Fsp3) is 0.875. The van der Waals surface area contributed by atoms with Gasteiger partial charge >= 0.3 is 6.03 Å². The van der Waals surface area contributed by atoms with Gasteiger partial charge in [-0.1, -0.05) is 6.92 Å². The van der Waals surface area contributed by atoms with Crippen LogP contribution in [0.4, 0.5) is 4.79 Å². The molecule has 2 fully saturated rings. The van der Waals surface area contributed by atoms with Crippen molar-refractivity contribution in [1.82, 2.24) is 14.7 Å². The van der Waals surface area contributed by atoms with E-state index in [-0.39, 0.29) is 18.0 Å². The molecule has 5 nitrogen and oxygen atoms in total. The van der Waals surface area contributed by atoms with Crippen molar-refractivity contribution in [3.8, 4) is 0 Å². The molecule has 0 aromatic carbocycles. The van der Waals surface area contributed by atoms with Crippen LogP contribution in [0.1, 0.15) is 46.5 Å². The number of hydrogen-bond acceptors (Lipinski definition) is 2. The monoisotopic (exact) mass is 295 g/mol. The average Bonchev–Trinajstić information content (AvgIpc) is 2.97. The predicted octanol–water partition coefficient (Wildman–Crippen LogP) is 2.17. The highest BCUT2D eigenvalue weighted by Crippen LogP contribution is 2.24. The number of carbonyl (C=O) groups is 2. The zero-order valence-electron chi connectivity index (χ0n) is 13.7. The molecule has 0 aromatic rings. The van der Waals surface area contributed by atoms with Gasteiger partial charge in [0.25, 0.3) is 0 Å². The number of carbonyl (C=O) groups excluding carboxylic acids is 2. The number of nitrogens with zero attached hydrogens (tertiary/aromatic N) is 3. The van der Waals surface area contributed by atoms with E-state index in [1.54, 1.807) is 4.90 Å². The lowest BCUT2D eigenvalue weighted by Gasteiger charge is -2.36. The summed E-state index contributed by atoms with van der Waals surface area (Å²) in [4.78, 5) is 30.9. The van der Waals surface area contributed by atoms with Crippen LogP contribution >= 0.6 is 0 Å². The largest absolute Gasteiger partial charge is 0.341 e. The lowest BCUT2D eigenvalue weighted by atomic mass is 9.98. The van der Waals surface area contributed by atoms with Gasteiger partial charge in [-0.25, -0.2) is 4.79 Å². The second-order valence-electron chi connectivity index (χ2n) is 6.31. The van der Waals surface area contributed by atoms with Gasteiger partial charge in [0.15, 0.2) is 0 Å². The van der Waals surface area contributed by atoms with E-state index in [0.29, 0.717) is 19.0 Å². The molecule has 0 aromatic heterocycles. The first kappa shape index (κ1) is 16.1. The quantitative estimate of drug-likeness (QED) is 0.801. The van der Waals surface area contributed by atoms with Crippen LogP contribution in [0.15, 0.2) is 0 Å². The molecule has 120 valence electrons. The topological polar surface area (TPSA) is 43.9 Å². The van der Waals surface area contributed by atoms with Crippen LogP contribution in [0.5, 0.6) is 0 Å². The molecule has 1 atom stereocenters. The second-order valence-corrected chi connectivity index (χ2v) is 6.31. The lowest BCUT2D eigenvalue weighted by Crippen LogP contribution is -2.53. The van der Waals surface area contributed by atoms with Crippen molar-refractivity contribution >= 4 is 11.9 Å². The van der Waals surface area contributed by atoms with E-state index in [9.17, 15) is 9.59 Å². The van der Waals surface area contributed by atoms with Crippen LogP contribution in [-0.2, 0) is 4.79 Å². The molecule has 0 saturated carbocycles. The highest BCUT2D eigenvalue weighted by Gasteiger charge is 2.38. The van der Waals surface area contributed by atoms with Gasteiger partial charge in [-0.15, -0.1) is 0 Å². The van der Waals surface area contributed by atoms with Crippen molar-refractivity contribution in [3.05, 3.63) is 0 Å². The van der Waals surface area contributed by atoms with E-state index in [4.69, 9.17) is 0 Å². The van der Waals surface area contributed by atoms with Crippen LogP contribution in [0.25, 0.3) is 0 Å². The molecule has 0 radical (unpaired) electrons. The van der Waals surface area contributed by atoms with E-state index in [1.165, 1.54) is 0 Å². The average molecular weight is 295 g/mol. The zero-order chi connectivity index (χ0) is 15.4. The number of likely N-dealkylation sites (tertiary alicyclic amines) is 2. The summed E-state index contributed by atoms with van der Waals surface area (Å²) in [6, 6.07) is -0.201. The lowest BCUT2D eigenvalue weighted by molar-refractivity contribution is -0.136. The van der Waals surface area contributed by atoms with Crippen LogP contribution in [-0.4, -0.2) is 65.4 Å². The van der Waals surface area contributed by atoms with Crippen molar-refractivity contribution < 1.29 is 9.59 Å². The first-order chi connectivity index (χ1) is 10.1. The summed E-state index contributed by atoms with van der Waals surface area (Å²) in [5, 5.41) is 0. The molecular weight excluding hydrogens is 266 g/mol. The van der Waals surface area contributed by atoms with Crippen molar-refractivity contribution in [2.24, 2.45) is 5.92 Å². The summed E-state index contributed by atoms with van der Waals surface area (Å²) < 4.78 is 0. The molecular formula is C16H29N3O2. The maximum absolute atomic E-state index is 12.7. The first-order valence-corrected chi connectivity index (χ1v) is 8.42. The van der Waals surface area contributed by atoms with Gasteiger partial charge in [0.2, 0.25) is 5.91 Å². The Morgan fingerprint density at radius 1 is 1.05 bits per heavy atom. The molecule has 21 heavy (non-hydrogen) atoms. The van der Waals surface area contributed by atoms with Gasteiger partial charge in [0.1, 0.15) is 6.04 Å². The van der Waals surface area contributed by atoms with Crippen molar-refractivity contribution in [2.45, 2.75) is 52.5 Å². The van der Waals surface area contributed by atoms with Crippen molar-refractivity contribution in [1.29, 1.82) is 0 Å². The Morgan fingerprint density at radius 3 is 2.24 bits per heavy atom. The highest BCUT2D eigenvalue weighted by molar-refractivity contribution is 5.87. The molecule has 2 heterocycles. The molecule has 3 amide bonds. The maximum Gasteiger partial charge on any atom is 0.320 e.